The van der Waals surface area contributed by atoms with E-state index < -0.39 is 11.6 Å². The Labute approximate surface area is 153 Å². The Bertz CT molecular complexity index is 970. The van der Waals surface area contributed by atoms with Crippen LogP contribution in [0.3, 0.4) is 0 Å². The molecule has 4 nitrogen and oxygen atoms in total. The Morgan fingerprint density at radius 1 is 1.19 bits per heavy atom. The summed E-state index contributed by atoms with van der Waals surface area (Å²) in [6.07, 6.45) is 2.95. The summed E-state index contributed by atoms with van der Waals surface area (Å²) in [5.74, 6) is -1.62. The van der Waals surface area contributed by atoms with Crippen molar-refractivity contribution in [2.75, 3.05) is 0 Å². The third kappa shape index (κ3) is 4.34. The van der Waals surface area contributed by atoms with Gasteiger partial charge in [-0.3, -0.25) is 4.79 Å². The molecule has 26 heavy (non-hydrogen) atoms. The van der Waals surface area contributed by atoms with Gasteiger partial charge in [-0.1, -0.05) is 35.0 Å². The summed E-state index contributed by atoms with van der Waals surface area (Å²) in [6, 6.07) is 11.8. The lowest BCUT2D eigenvalue weighted by Crippen LogP contribution is -2.20. The molecule has 7 heteroatoms. The molecule has 0 aliphatic rings. The highest BCUT2D eigenvalue weighted by atomic mass is 35.5. The predicted molar refractivity (Wildman–Crippen MR) is 94.2 cm³/mol. The molecule has 3 rings (SSSR count). The molecule has 0 saturated heterocycles. The number of carbonyl (C=O) groups is 1. The molecule has 0 fully saturated rings. The normalized spacial score (nSPS) is 11.0. The van der Waals surface area contributed by atoms with Crippen LogP contribution < -0.4 is 5.32 Å². The Balaban J connectivity index is 1.61. The minimum Gasteiger partial charge on any atom is -0.356 e. The Morgan fingerprint density at radius 3 is 2.77 bits per heavy atom. The van der Waals surface area contributed by atoms with E-state index in [-0.39, 0.29) is 23.8 Å². The van der Waals surface area contributed by atoms with E-state index in [1.54, 1.807) is 24.3 Å². The van der Waals surface area contributed by atoms with Crippen LogP contribution >= 0.6 is 11.6 Å². The molecule has 1 heterocycles. The van der Waals surface area contributed by atoms with Gasteiger partial charge < -0.3 is 9.84 Å². The zero-order valence-electron chi connectivity index (χ0n) is 13.4. The Morgan fingerprint density at radius 2 is 2.00 bits per heavy atom. The number of aromatic nitrogens is 1. The molecule has 0 atom stereocenters. The van der Waals surface area contributed by atoms with Crippen molar-refractivity contribution in [3.8, 4) is 11.3 Å². The maximum atomic E-state index is 13.7. The molecule has 0 bridgehead atoms. The molecular formula is C19H13ClF2N2O2. The molecule has 2 aromatic carbocycles. The van der Waals surface area contributed by atoms with Crippen LogP contribution in [0.25, 0.3) is 17.4 Å². The van der Waals surface area contributed by atoms with Crippen LogP contribution in [0.1, 0.15) is 11.3 Å². The van der Waals surface area contributed by atoms with Crippen molar-refractivity contribution in [2.24, 2.45) is 0 Å². The van der Waals surface area contributed by atoms with Crippen molar-refractivity contribution in [1.29, 1.82) is 0 Å². The van der Waals surface area contributed by atoms with E-state index in [2.05, 4.69) is 10.5 Å². The summed E-state index contributed by atoms with van der Waals surface area (Å²) in [7, 11) is 0. The summed E-state index contributed by atoms with van der Waals surface area (Å²) in [4.78, 5) is 11.9. The molecular weight excluding hydrogens is 362 g/mol. The highest BCUT2D eigenvalue weighted by Crippen LogP contribution is 2.24. The number of hydrogen-bond donors (Lipinski definition) is 1. The van der Waals surface area contributed by atoms with Gasteiger partial charge in [0.15, 0.2) is 5.76 Å². The first-order valence-corrected chi connectivity index (χ1v) is 8.02. The largest absolute Gasteiger partial charge is 0.356 e. The van der Waals surface area contributed by atoms with Crippen molar-refractivity contribution >= 4 is 23.6 Å². The standard InChI is InChI=1S/C19H13ClF2N2O2/c20-16-4-2-1-3-12(16)5-8-19(25)23-11-14-10-18(26-24-14)15-7-6-13(21)9-17(15)22/h1-10H,11H2,(H,23,25)/b8-5+. The Kier molecular flexibility index (Phi) is 5.43. The summed E-state index contributed by atoms with van der Waals surface area (Å²) in [5.41, 5.74) is 1.22. The van der Waals surface area contributed by atoms with Crippen LogP contribution in [0.4, 0.5) is 8.78 Å². The predicted octanol–water partition coefficient (Wildman–Crippen LogP) is 4.60. The number of amides is 1. The minimum atomic E-state index is -0.751. The van der Waals surface area contributed by atoms with Gasteiger partial charge >= 0.3 is 0 Å². The van der Waals surface area contributed by atoms with Crippen molar-refractivity contribution in [3.05, 3.63) is 82.5 Å². The second-order valence-electron chi connectivity index (χ2n) is 5.38. The van der Waals surface area contributed by atoms with Crippen molar-refractivity contribution in [1.82, 2.24) is 10.5 Å². The summed E-state index contributed by atoms with van der Waals surface area (Å²) in [5, 5.41) is 6.94. The van der Waals surface area contributed by atoms with Gasteiger partial charge in [0.25, 0.3) is 0 Å². The van der Waals surface area contributed by atoms with E-state index in [4.69, 9.17) is 16.1 Å². The summed E-state index contributed by atoms with van der Waals surface area (Å²) >= 11 is 6.00. The Hall–Kier alpha value is -2.99. The van der Waals surface area contributed by atoms with E-state index in [1.807, 2.05) is 6.07 Å². The average Bonchev–Trinajstić information content (AvgIpc) is 3.08. The molecule has 1 aromatic heterocycles. The number of rotatable bonds is 5. The monoisotopic (exact) mass is 374 g/mol. The maximum absolute atomic E-state index is 13.7. The summed E-state index contributed by atoms with van der Waals surface area (Å²) < 4.78 is 31.7. The SMILES string of the molecule is O=C(/C=C/c1ccccc1Cl)NCc1cc(-c2ccc(F)cc2F)on1. The molecule has 0 unspecified atom stereocenters. The first kappa shape index (κ1) is 17.8. The van der Waals surface area contributed by atoms with Gasteiger partial charge in [-0.2, -0.15) is 0 Å². The van der Waals surface area contributed by atoms with Gasteiger partial charge in [0.1, 0.15) is 17.3 Å². The van der Waals surface area contributed by atoms with E-state index in [9.17, 15) is 13.6 Å². The highest BCUT2D eigenvalue weighted by molar-refractivity contribution is 6.32. The van der Waals surface area contributed by atoms with Crippen LogP contribution in [-0.2, 0) is 11.3 Å². The van der Waals surface area contributed by atoms with E-state index in [0.717, 1.165) is 17.7 Å². The van der Waals surface area contributed by atoms with Crippen LogP contribution in [0.5, 0.6) is 0 Å². The molecule has 0 saturated carbocycles. The number of nitrogens with one attached hydrogen (secondary N) is 1. The number of benzene rings is 2. The first-order chi connectivity index (χ1) is 12.5. The number of halogens is 3. The lowest BCUT2D eigenvalue weighted by Gasteiger charge is -1.99. The van der Waals surface area contributed by atoms with E-state index in [1.165, 1.54) is 18.2 Å². The van der Waals surface area contributed by atoms with Gasteiger partial charge in [0, 0.05) is 23.2 Å². The number of carbonyl (C=O) groups excluding carboxylic acids is 1. The van der Waals surface area contributed by atoms with Crippen LogP contribution in [0.2, 0.25) is 5.02 Å². The molecule has 0 aliphatic carbocycles. The second kappa shape index (κ2) is 7.93. The van der Waals surface area contributed by atoms with Gasteiger partial charge in [-0.25, -0.2) is 8.78 Å². The lowest BCUT2D eigenvalue weighted by atomic mass is 10.1. The third-order valence-corrected chi connectivity index (χ3v) is 3.86. The van der Waals surface area contributed by atoms with E-state index in [0.29, 0.717) is 10.7 Å². The van der Waals surface area contributed by atoms with Crippen molar-refractivity contribution < 1.29 is 18.1 Å². The van der Waals surface area contributed by atoms with Crippen LogP contribution in [0, 0.1) is 11.6 Å². The second-order valence-corrected chi connectivity index (χ2v) is 5.79. The maximum Gasteiger partial charge on any atom is 0.244 e. The molecule has 132 valence electrons. The van der Waals surface area contributed by atoms with E-state index >= 15 is 0 Å². The van der Waals surface area contributed by atoms with Crippen molar-refractivity contribution in [3.63, 3.8) is 0 Å². The fraction of sp³-hybridized carbons (Fsp3) is 0.0526. The quantitative estimate of drug-likeness (QED) is 0.664. The third-order valence-electron chi connectivity index (χ3n) is 3.52. The van der Waals surface area contributed by atoms with Gasteiger partial charge in [0.05, 0.1) is 12.1 Å². The van der Waals surface area contributed by atoms with Gasteiger partial charge in [-0.15, -0.1) is 0 Å². The zero-order valence-corrected chi connectivity index (χ0v) is 14.1. The smallest absolute Gasteiger partial charge is 0.244 e. The fourth-order valence-corrected chi connectivity index (χ4v) is 2.42. The summed E-state index contributed by atoms with van der Waals surface area (Å²) in [6.45, 7) is 0.0952. The number of hydrogen-bond acceptors (Lipinski definition) is 3. The highest BCUT2D eigenvalue weighted by Gasteiger charge is 2.12. The van der Waals surface area contributed by atoms with Crippen molar-refractivity contribution in [2.45, 2.75) is 6.54 Å². The van der Waals surface area contributed by atoms with Crippen LogP contribution in [0.15, 0.2) is 59.1 Å². The van der Waals surface area contributed by atoms with Crippen LogP contribution in [-0.4, -0.2) is 11.1 Å². The van der Waals surface area contributed by atoms with Gasteiger partial charge in [-0.05, 0) is 29.8 Å². The fourth-order valence-electron chi connectivity index (χ4n) is 2.22. The first-order valence-electron chi connectivity index (χ1n) is 7.64. The topological polar surface area (TPSA) is 55.1 Å². The molecule has 3 aromatic rings. The van der Waals surface area contributed by atoms with Gasteiger partial charge in [0.2, 0.25) is 5.91 Å². The molecule has 0 radical (unpaired) electrons. The number of nitrogens with zero attached hydrogens (tertiary/aromatic N) is 1. The minimum absolute atomic E-state index is 0.0927. The molecule has 1 amide bonds. The zero-order chi connectivity index (χ0) is 18.5. The molecule has 1 N–H and O–H groups in total. The molecule has 0 spiro atoms. The molecule has 0 aliphatic heterocycles. The lowest BCUT2D eigenvalue weighted by molar-refractivity contribution is -0.116. The average molecular weight is 375 g/mol.